The fraction of sp³-hybridized carbons (Fsp3) is 0.0909. The summed E-state index contributed by atoms with van der Waals surface area (Å²) >= 11 is 1.04. The van der Waals surface area contributed by atoms with Gasteiger partial charge in [0.25, 0.3) is 5.24 Å². The number of hydrogen-bond donors (Lipinski definition) is 3. The smallest absolute Gasteiger partial charge is 0.287 e. The number of thioether (sulfide) groups is 1. The number of aromatic nitrogens is 2. The van der Waals surface area contributed by atoms with E-state index in [0.29, 0.717) is 16.3 Å². The van der Waals surface area contributed by atoms with Crippen LogP contribution in [0.4, 0.5) is 4.79 Å². The van der Waals surface area contributed by atoms with Gasteiger partial charge in [-0.15, -0.1) is 0 Å². The molecule has 146 valence electrons. The molecule has 0 aliphatic heterocycles. The number of nitrogens with zero attached hydrogens (tertiary/aromatic N) is 2. The van der Waals surface area contributed by atoms with E-state index in [9.17, 15) is 15.0 Å². The summed E-state index contributed by atoms with van der Waals surface area (Å²) in [5.74, 6) is -0.126. The third-order valence-corrected chi connectivity index (χ3v) is 5.62. The molecule has 1 heterocycles. The number of phenols is 2. The Morgan fingerprint density at radius 2 is 1.76 bits per heavy atom. The van der Waals surface area contributed by atoms with Crippen molar-refractivity contribution >= 4 is 27.8 Å². The maximum Gasteiger partial charge on any atom is 0.287 e. The third-order valence-electron chi connectivity index (χ3n) is 4.58. The van der Waals surface area contributed by atoms with E-state index in [1.807, 2.05) is 42.5 Å². The molecule has 6 nitrogen and oxygen atoms in total. The number of fused-ring (bicyclic) bond motifs is 1. The lowest BCUT2D eigenvalue weighted by Crippen LogP contribution is -2.16. The van der Waals surface area contributed by atoms with Crippen molar-refractivity contribution in [3.05, 3.63) is 60.7 Å². The zero-order valence-corrected chi connectivity index (χ0v) is 16.7. The number of nitrogens with one attached hydrogen (secondary N) is 1. The maximum atomic E-state index is 12.4. The Labute approximate surface area is 171 Å². The lowest BCUT2D eigenvalue weighted by Gasteiger charge is -2.12. The van der Waals surface area contributed by atoms with E-state index in [2.05, 4.69) is 10.2 Å². The van der Waals surface area contributed by atoms with Gasteiger partial charge < -0.3 is 15.1 Å². The van der Waals surface area contributed by atoms with Gasteiger partial charge in [-0.3, -0.25) is 9.89 Å². The maximum absolute atomic E-state index is 12.4. The first-order chi connectivity index (χ1) is 14.0. The second-order valence-electron chi connectivity index (χ2n) is 6.77. The van der Waals surface area contributed by atoms with Crippen LogP contribution < -0.4 is 0 Å². The average molecular weight is 405 g/mol. The second kappa shape index (κ2) is 7.52. The summed E-state index contributed by atoms with van der Waals surface area (Å²) in [5, 5.41) is 29.9. The number of carbonyl (C=O) groups excluding carboxylic acids is 1. The molecule has 0 fully saturated rings. The highest BCUT2D eigenvalue weighted by Gasteiger charge is 2.23. The van der Waals surface area contributed by atoms with Gasteiger partial charge in [-0.25, -0.2) is 0 Å². The SMILES string of the molecule is CN(C)C(=O)Sc1[nH]nc(-c2ccc(O)cc2O)c1-c1cccc2ccccc12. The van der Waals surface area contributed by atoms with Gasteiger partial charge in [-0.2, -0.15) is 5.10 Å². The molecule has 29 heavy (non-hydrogen) atoms. The number of carbonyl (C=O) groups is 1. The quantitative estimate of drug-likeness (QED) is 0.414. The van der Waals surface area contributed by atoms with Gasteiger partial charge in [0.05, 0.1) is 0 Å². The van der Waals surface area contributed by atoms with Crippen molar-refractivity contribution in [3.8, 4) is 33.9 Å². The van der Waals surface area contributed by atoms with Crippen LogP contribution in [0.25, 0.3) is 33.2 Å². The van der Waals surface area contributed by atoms with Crippen LogP contribution >= 0.6 is 11.8 Å². The molecule has 4 rings (SSSR count). The number of benzene rings is 3. The van der Waals surface area contributed by atoms with E-state index in [1.54, 1.807) is 20.2 Å². The van der Waals surface area contributed by atoms with Gasteiger partial charge in [-0.05, 0) is 40.2 Å². The lowest BCUT2D eigenvalue weighted by molar-refractivity contribution is 0.241. The van der Waals surface area contributed by atoms with E-state index < -0.39 is 0 Å². The van der Waals surface area contributed by atoms with Gasteiger partial charge in [0, 0.05) is 31.3 Å². The summed E-state index contributed by atoms with van der Waals surface area (Å²) in [7, 11) is 3.38. The van der Waals surface area contributed by atoms with Crippen LogP contribution in [-0.2, 0) is 0 Å². The fourth-order valence-corrected chi connectivity index (χ4v) is 3.94. The number of H-pyrrole nitrogens is 1. The van der Waals surface area contributed by atoms with Crippen molar-refractivity contribution in [2.24, 2.45) is 0 Å². The molecule has 1 amide bonds. The molecular weight excluding hydrogens is 386 g/mol. The first-order valence-electron chi connectivity index (χ1n) is 8.93. The predicted molar refractivity (Wildman–Crippen MR) is 115 cm³/mol. The Hall–Kier alpha value is -3.45. The first-order valence-corrected chi connectivity index (χ1v) is 9.75. The standard InChI is InChI=1S/C22H19N3O3S/c1-25(2)22(28)29-21-19(16-9-5-7-13-6-3-4-8-15(13)16)20(23-24-21)17-11-10-14(26)12-18(17)27/h3-12,26-27H,1-2H3,(H,23,24). The van der Waals surface area contributed by atoms with Crippen LogP contribution in [-0.4, -0.2) is 44.6 Å². The molecule has 0 aliphatic carbocycles. The van der Waals surface area contributed by atoms with Crippen LogP contribution in [0.5, 0.6) is 11.5 Å². The number of phenolic OH excluding ortho intramolecular Hbond substituents is 2. The third kappa shape index (κ3) is 3.52. The van der Waals surface area contributed by atoms with Crippen LogP contribution in [0, 0.1) is 0 Å². The largest absolute Gasteiger partial charge is 0.508 e. The van der Waals surface area contributed by atoms with Crippen LogP contribution in [0.3, 0.4) is 0 Å². The molecule has 0 radical (unpaired) electrons. The van der Waals surface area contributed by atoms with Crippen molar-refractivity contribution in [2.75, 3.05) is 14.1 Å². The molecule has 0 saturated carbocycles. The fourth-order valence-electron chi connectivity index (χ4n) is 3.19. The molecule has 3 aromatic carbocycles. The van der Waals surface area contributed by atoms with Crippen molar-refractivity contribution in [3.63, 3.8) is 0 Å². The molecule has 7 heteroatoms. The number of aromatic amines is 1. The zero-order chi connectivity index (χ0) is 20.5. The second-order valence-corrected chi connectivity index (χ2v) is 7.73. The molecular formula is C22H19N3O3S. The lowest BCUT2D eigenvalue weighted by atomic mass is 9.96. The number of aromatic hydroxyl groups is 2. The normalized spacial score (nSPS) is 11.0. The van der Waals surface area contributed by atoms with Gasteiger partial charge in [0.2, 0.25) is 0 Å². The van der Waals surface area contributed by atoms with E-state index in [0.717, 1.165) is 33.7 Å². The summed E-state index contributed by atoms with van der Waals surface area (Å²) < 4.78 is 0. The van der Waals surface area contributed by atoms with E-state index in [1.165, 1.54) is 17.0 Å². The highest BCUT2D eigenvalue weighted by molar-refractivity contribution is 8.13. The average Bonchev–Trinajstić information content (AvgIpc) is 3.10. The van der Waals surface area contributed by atoms with Crippen LogP contribution in [0.15, 0.2) is 65.7 Å². The summed E-state index contributed by atoms with van der Waals surface area (Å²) in [6, 6.07) is 18.3. The van der Waals surface area contributed by atoms with Crippen molar-refractivity contribution < 1.29 is 15.0 Å². The Balaban J connectivity index is 1.98. The molecule has 4 aromatic rings. The van der Waals surface area contributed by atoms with Gasteiger partial charge in [0.1, 0.15) is 22.2 Å². The van der Waals surface area contributed by atoms with E-state index in [-0.39, 0.29) is 16.7 Å². The molecule has 1 aromatic heterocycles. The summed E-state index contributed by atoms with van der Waals surface area (Å²) in [5.41, 5.74) is 2.59. The summed E-state index contributed by atoms with van der Waals surface area (Å²) in [6.07, 6.45) is 0. The molecule has 0 saturated heterocycles. The number of amides is 1. The Morgan fingerprint density at radius 3 is 2.52 bits per heavy atom. The zero-order valence-electron chi connectivity index (χ0n) is 15.9. The monoisotopic (exact) mass is 405 g/mol. The van der Waals surface area contributed by atoms with Crippen LogP contribution in [0.2, 0.25) is 0 Å². The first kappa shape index (κ1) is 18.9. The Morgan fingerprint density at radius 1 is 1.00 bits per heavy atom. The minimum absolute atomic E-state index is 0.0362. The van der Waals surface area contributed by atoms with Crippen molar-refractivity contribution in [1.29, 1.82) is 0 Å². The van der Waals surface area contributed by atoms with Crippen LogP contribution in [0.1, 0.15) is 0 Å². The Kier molecular flexibility index (Phi) is 4.90. The van der Waals surface area contributed by atoms with Gasteiger partial charge in [0.15, 0.2) is 0 Å². The predicted octanol–water partition coefficient (Wildman–Crippen LogP) is 5.08. The molecule has 0 unspecified atom stereocenters. The molecule has 0 bridgehead atoms. The minimum Gasteiger partial charge on any atom is -0.508 e. The highest BCUT2D eigenvalue weighted by atomic mass is 32.2. The van der Waals surface area contributed by atoms with Crippen molar-refractivity contribution in [1.82, 2.24) is 15.1 Å². The highest BCUT2D eigenvalue weighted by Crippen LogP contribution is 2.44. The van der Waals surface area contributed by atoms with E-state index >= 15 is 0 Å². The molecule has 0 spiro atoms. The van der Waals surface area contributed by atoms with Gasteiger partial charge >= 0.3 is 0 Å². The number of hydrogen-bond acceptors (Lipinski definition) is 5. The molecule has 0 aliphatic rings. The summed E-state index contributed by atoms with van der Waals surface area (Å²) in [6.45, 7) is 0. The van der Waals surface area contributed by atoms with Gasteiger partial charge in [-0.1, -0.05) is 42.5 Å². The summed E-state index contributed by atoms with van der Waals surface area (Å²) in [4.78, 5) is 13.9. The molecule has 0 atom stereocenters. The molecule has 3 N–H and O–H groups in total. The number of rotatable bonds is 3. The minimum atomic E-state index is -0.142. The van der Waals surface area contributed by atoms with E-state index in [4.69, 9.17) is 0 Å². The Bertz CT molecular complexity index is 1210. The van der Waals surface area contributed by atoms with Crippen molar-refractivity contribution in [2.45, 2.75) is 5.03 Å². The topological polar surface area (TPSA) is 89.5 Å².